The van der Waals surface area contributed by atoms with Crippen molar-refractivity contribution >= 4 is 27.3 Å². The standard InChI is InChI=1S/C22H22N2O4S/c1-15-4-7-17(8-5-15)23-22(25)21-14-20(13-6-16(21)2)29(26,27)24-18-9-11-19(28-3)12-10-18/h4-14,24H,1-3H3,(H,23,25). The van der Waals surface area contributed by atoms with Crippen molar-refractivity contribution in [2.45, 2.75) is 18.7 Å². The Morgan fingerprint density at radius 2 is 1.48 bits per heavy atom. The van der Waals surface area contributed by atoms with E-state index in [0.717, 1.165) is 5.56 Å². The summed E-state index contributed by atoms with van der Waals surface area (Å²) in [5.41, 5.74) is 3.10. The van der Waals surface area contributed by atoms with E-state index in [1.54, 1.807) is 49.4 Å². The highest BCUT2D eigenvalue weighted by Crippen LogP contribution is 2.22. The predicted molar refractivity (Wildman–Crippen MR) is 114 cm³/mol. The molecule has 0 aliphatic carbocycles. The van der Waals surface area contributed by atoms with Gasteiger partial charge in [-0.25, -0.2) is 8.42 Å². The number of carbonyl (C=O) groups excluding carboxylic acids is 1. The normalized spacial score (nSPS) is 11.0. The summed E-state index contributed by atoms with van der Waals surface area (Å²) in [7, 11) is -2.32. The van der Waals surface area contributed by atoms with Gasteiger partial charge in [0.1, 0.15) is 5.75 Å². The maximum absolute atomic E-state index is 12.8. The van der Waals surface area contributed by atoms with Crippen molar-refractivity contribution in [2.24, 2.45) is 0 Å². The van der Waals surface area contributed by atoms with Crippen LogP contribution in [0.25, 0.3) is 0 Å². The number of carbonyl (C=O) groups is 1. The number of benzene rings is 3. The fourth-order valence-corrected chi connectivity index (χ4v) is 3.81. The van der Waals surface area contributed by atoms with E-state index in [0.29, 0.717) is 28.3 Å². The lowest BCUT2D eigenvalue weighted by Crippen LogP contribution is -2.17. The molecule has 2 N–H and O–H groups in total. The first-order valence-electron chi connectivity index (χ1n) is 8.94. The molecule has 0 saturated heterocycles. The first-order chi connectivity index (χ1) is 13.8. The Balaban J connectivity index is 1.84. The summed E-state index contributed by atoms with van der Waals surface area (Å²) >= 11 is 0. The number of sulfonamides is 1. The van der Waals surface area contributed by atoms with Crippen molar-refractivity contribution < 1.29 is 17.9 Å². The zero-order valence-corrected chi connectivity index (χ0v) is 17.2. The molecular weight excluding hydrogens is 388 g/mol. The van der Waals surface area contributed by atoms with E-state index < -0.39 is 10.0 Å². The predicted octanol–water partition coefficient (Wildman–Crippen LogP) is 4.37. The highest BCUT2D eigenvalue weighted by molar-refractivity contribution is 7.92. The van der Waals surface area contributed by atoms with Crippen LogP contribution in [0.5, 0.6) is 5.75 Å². The maximum Gasteiger partial charge on any atom is 0.261 e. The van der Waals surface area contributed by atoms with E-state index in [2.05, 4.69) is 10.0 Å². The third-order valence-corrected chi connectivity index (χ3v) is 5.79. The molecule has 0 spiro atoms. The molecule has 0 saturated carbocycles. The first kappa shape index (κ1) is 20.4. The van der Waals surface area contributed by atoms with Crippen molar-refractivity contribution in [1.29, 1.82) is 0 Å². The molecule has 3 aromatic rings. The quantitative estimate of drug-likeness (QED) is 0.632. The lowest BCUT2D eigenvalue weighted by atomic mass is 10.1. The molecule has 0 atom stereocenters. The molecule has 6 nitrogen and oxygen atoms in total. The molecule has 3 aromatic carbocycles. The number of methoxy groups -OCH3 is 1. The lowest BCUT2D eigenvalue weighted by molar-refractivity contribution is 0.102. The Bertz CT molecular complexity index is 1120. The van der Waals surface area contributed by atoms with Crippen molar-refractivity contribution in [2.75, 3.05) is 17.1 Å². The van der Waals surface area contributed by atoms with Crippen molar-refractivity contribution in [3.8, 4) is 5.75 Å². The zero-order chi connectivity index (χ0) is 21.0. The van der Waals surface area contributed by atoms with Crippen LogP contribution in [0.1, 0.15) is 21.5 Å². The van der Waals surface area contributed by atoms with Crippen LogP contribution in [-0.4, -0.2) is 21.4 Å². The number of hydrogen-bond donors (Lipinski definition) is 2. The third kappa shape index (κ3) is 4.94. The van der Waals surface area contributed by atoms with E-state index in [9.17, 15) is 13.2 Å². The molecule has 29 heavy (non-hydrogen) atoms. The topological polar surface area (TPSA) is 84.5 Å². The number of rotatable bonds is 6. The van der Waals surface area contributed by atoms with Gasteiger partial charge in [-0.2, -0.15) is 0 Å². The van der Waals surface area contributed by atoms with Crippen LogP contribution < -0.4 is 14.8 Å². The maximum atomic E-state index is 12.8. The van der Waals surface area contributed by atoms with E-state index in [1.165, 1.54) is 19.2 Å². The Hall–Kier alpha value is -3.32. The van der Waals surface area contributed by atoms with Crippen molar-refractivity contribution in [3.05, 3.63) is 83.4 Å². The summed E-state index contributed by atoms with van der Waals surface area (Å²) in [5.74, 6) is 0.256. The molecule has 0 aliphatic rings. The highest BCUT2D eigenvalue weighted by Gasteiger charge is 2.18. The number of anilines is 2. The Morgan fingerprint density at radius 1 is 0.862 bits per heavy atom. The van der Waals surface area contributed by atoms with E-state index >= 15 is 0 Å². The monoisotopic (exact) mass is 410 g/mol. The summed E-state index contributed by atoms with van der Waals surface area (Å²) in [6, 6.07) is 18.4. The largest absolute Gasteiger partial charge is 0.497 e. The van der Waals surface area contributed by atoms with Crippen LogP contribution in [-0.2, 0) is 10.0 Å². The molecule has 0 heterocycles. The molecular formula is C22H22N2O4S. The minimum absolute atomic E-state index is 0.00738. The smallest absolute Gasteiger partial charge is 0.261 e. The van der Waals surface area contributed by atoms with Gasteiger partial charge in [-0.1, -0.05) is 23.8 Å². The molecule has 7 heteroatoms. The van der Waals surface area contributed by atoms with Gasteiger partial charge in [0.2, 0.25) is 0 Å². The van der Waals surface area contributed by atoms with E-state index in [4.69, 9.17) is 4.74 Å². The van der Waals surface area contributed by atoms with Crippen molar-refractivity contribution in [3.63, 3.8) is 0 Å². The Morgan fingerprint density at radius 3 is 2.10 bits per heavy atom. The van der Waals surface area contributed by atoms with Gasteiger partial charge in [0.15, 0.2) is 0 Å². The molecule has 150 valence electrons. The van der Waals surface area contributed by atoms with Crippen LogP contribution in [0, 0.1) is 13.8 Å². The van der Waals surface area contributed by atoms with Gasteiger partial charge in [0, 0.05) is 16.9 Å². The van der Waals surface area contributed by atoms with Gasteiger partial charge in [-0.3, -0.25) is 9.52 Å². The third-order valence-electron chi connectivity index (χ3n) is 4.42. The number of amides is 1. The van der Waals surface area contributed by atoms with Crippen LogP contribution in [0.15, 0.2) is 71.6 Å². The van der Waals surface area contributed by atoms with Crippen LogP contribution in [0.4, 0.5) is 11.4 Å². The second-order valence-electron chi connectivity index (χ2n) is 6.63. The molecule has 0 aromatic heterocycles. The number of nitrogens with one attached hydrogen (secondary N) is 2. The van der Waals surface area contributed by atoms with Gasteiger partial charge in [0.25, 0.3) is 15.9 Å². The van der Waals surface area contributed by atoms with Gasteiger partial charge in [-0.15, -0.1) is 0 Å². The van der Waals surface area contributed by atoms with E-state index in [1.807, 2.05) is 19.1 Å². The number of hydrogen-bond acceptors (Lipinski definition) is 4. The van der Waals surface area contributed by atoms with Gasteiger partial charge in [-0.05, 0) is 67.9 Å². The second kappa shape index (κ2) is 8.36. The first-order valence-corrected chi connectivity index (χ1v) is 10.4. The molecule has 1 amide bonds. The Labute approximate surface area is 170 Å². The fourth-order valence-electron chi connectivity index (χ4n) is 2.72. The summed E-state index contributed by atoms with van der Waals surface area (Å²) in [6.07, 6.45) is 0. The summed E-state index contributed by atoms with van der Waals surface area (Å²) < 4.78 is 33.1. The minimum Gasteiger partial charge on any atom is -0.497 e. The zero-order valence-electron chi connectivity index (χ0n) is 16.4. The van der Waals surface area contributed by atoms with Crippen LogP contribution in [0.3, 0.4) is 0 Å². The number of aryl methyl sites for hydroxylation is 2. The summed E-state index contributed by atoms with van der Waals surface area (Å²) in [6.45, 7) is 3.72. The van der Waals surface area contributed by atoms with Gasteiger partial charge < -0.3 is 10.1 Å². The molecule has 0 fully saturated rings. The average molecular weight is 410 g/mol. The number of ether oxygens (including phenoxy) is 1. The van der Waals surface area contributed by atoms with Gasteiger partial charge in [0.05, 0.1) is 12.0 Å². The fraction of sp³-hybridized carbons (Fsp3) is 0.136. The van der Waals surface area contributed by atoms with Crippen molar-refractivity contribution in [1.82, 2.24) is 0 Å². The molecule has 0 bridgehead atoms. The van der Waals surface area contributed by atoms with Crippen LogP contribution in [0.2, 0.25) is 0 Å². The summed E-state index contributed by atoms with van der Waals surface area (Å²) in [5, 5.41) is 2.80. The molecule has 0 aliphatic heterocycles. The molecule has 0 unspecified atom stereocenters. The highest BCUT2D eigenvalue weighted by atomic mass is 32.2. The second-order valence-corrected chi connectivity index (χ2v) is 8.31. The average Bonchev–Trinajstić information content (AvgIpc) is 2.70. The molecule has 3 rings (SSSR count). The van der Waals surface area contributed by atoms with Crippen LogP contribution >= 0.6 is 0 Å². The SMILES string of the molecule is COc1ccc(NS(=O)(=O)c2ccc(C)c(C(=O)Nc3ccc(C)cc3)c2)cc1. The van der Waals surface area contributed by atoms with Gasteiger partial charge >= 0.3 is 0 Å². The van der Waals surface area contributed by atoms with E-state index in [-0.39, 0.29) is 10.8 Å². The summed E-state index contributed by atoms with van der Waals surface area (Å²) in [4.78, 5) is 12.7. The molecule has 0 radical (unpaired) electrons. The minimum atomic E-state index is -3.85. The Kier molecular flexibility index (Phi) is 5.89. The lowest BCUT2D eigenvalue weighted by Gasteiger charge is -2.12.